The van der Waals surface area contributed by atoms with Crippen LogP contribution in [-0.4, -0.2) is 38.9 Å². The molecule has 8 heteroatoms. The second-order valence-electron chi connectivity index (χ2n) is 14.3. The van der Waals surface area contributed by atoms with Gasteiger partial charge < -0.3 is 30.0 Å². The van der Waals surface area contributed by atoms with Crippen LogP contribution in [0.1, 0.15) is 42.0 Å². The molecule has 0 spiro atoms. The molecule has 9 rings (SSSR count). The second kappa shape index (κ2) is 15.9. The first-order chi connectivity index (χ1) is 28.5. The Kier molecular flexibility index (Phi) is 9.88. The van der Waals surface area contributed by atoms with E-state index in [1.165, 1.54) is 7.11 Å². The predicted octanol–water partition coefficient (Wildman–Crippen LogP) is 11.4. The molecule has 5 heterocycles. The maximum atomic E-state index is 13.8. The average molecular weight is 760 g/mol. The van der Waals surface area contributed by atoms with Crippen LogP contribution in [0.15, 0.2) is 146 Å². The number of ether oxygens (including phenoxy) is 1. The number of methoxy groups -OCH3 is 1. The van der Waals surface area contributed by atoms with Gasteiger partial charge in [0.05, 0.1) is 41.3 Å². The summed E-state index contributed by atoms with van der Waals surface area (Å²) in [5.41, 5.74) is 15.8. The Morgan fingerprint density at radius 1 is 0.500 bits per heavy atom. The number of hydrogen-bond donors (Lipinski definition) is 5. The molecule has 1 amide bonds. The largest absolute Gasteiger partial charge is 0.469 e. The Bertz CT molecular complexity index is 2790. The molecular weight excluding hydrogens is 719 g/mol. The van der Waals surface area contributed by atoms with Gasteiger partial charge in [0.25, 0.3) is 0 Å². The number of carbonyl (C=O) groups excluding carboxylic acids is 2. The van der Waals surface area contributed by atoms with Gasteiger partial charge in [0.15, 0.2) is 0 Å². The summed E-state index contributed by atoms with van der Waals surface area (Å²) in [7, 11) is 1.36. The van der Waals surface area contributed by atoms with Crippen molar-refractivity contribution in [3.05, 3.63) is 168 Å². The van der Waals surface area contributed by atoms with Gasteiger partial charge in [-0.2, -0.15) is 0 Å². The zero-order valence-corrected chi connectivity index (χ0v) is 31.9. The minimum atomic E-state index is -0.346. The van der Waals surface area contributed by atoms with Crippen LogP contribution in [0.3, 0.4) is 0 Å². The first-order valence-corrected chi connectivity index (χ1v) is 19.4. The number of carbonyl (C=O) groups is 2. The molecular formula is C50H41N5O3. The van der Waals surface area contributed by atoms with Crippen LogP contribution in [0.2, 0.25) is 0 Å². The lowest BCUT2D eigenvalue weighted by Crippen LogP contribution is -2.22. The van der Waals surface area contributed by atoms with E-state index in [-0.39, 0.29) is 24.7 Å². The lowest BCUT2D eigenvalue weighted by Gasteiger charge is -2.13. The van der Waals surface area contributed by atoms with Gasteiger partial charge in [0.2, 0.25) is 5.91 Å². The molecule has 58 heavy (non-hydrogen) atoms. The maximum Gasteiger partial charge on any atom is 0.305 e. The summed E-state index contributed by atoms with van der Waals surface area (Å²) in [6.45, 7) is 0. The third-order valence-corrected chi connectivity index (χ3v) is 10.5. The lowest BCUT2D eigenvalue weighted by molar-refractivity contribution is -0.140. The van der Waals surface area contributed by atoms with E-state index >= 15 is 0 Å². The van der Waals surface area contributed by atoms with Crippen molar-refractivity contribution in [2.75, 3.05) is 7.11 Å². The number of esters is 1. The van der Waals surface area contributed by atoms with Gasteiger partial charge in [-0.05, 0) is 71.2 Å². The summed E-state index contributed by atoms with van der Waals surface area (Å²) in [5.74, 6) is -0.561. The van der Waals surface area contributed by atoms with Crippen molar-refractivity contribution in [3.8, 4) is 67.3 Å². The van der Waals surface area contributed by atoms with Crippen molar-refractivity contribution in [1.29, 1.82) is 0 Å². The number of aromatic amines is 4. The Hall–Kier alpha value is -7.58. The number of amides is 1. The molecule has 8 aromatic rings. The molecule has 4 aromatic heterocycles. The van der Waals surface area contributed by atoms with Crippen molar-refractivity contribution in [3.63, 3.8) is 0 Å². The van der Waals surface area contributed by atoms with E-state index in [2.05, 4.69) is 134 Å². The topological polar surface area (TPSA) is 119 Å². The van der Waals surface area contributed by atoms with E-state index < -0.39 is 0 Å². The van der Waals surface area contributed by atoms with Crippen molar-refractivity contribution in [1.82, 2.24) is 25.3 Å². The van der Waals surface area contributed by atoms with Crippen molar-refractivity contribution in [2.24, 2.45) is 0 Å². The van der Waals surface area contributed by atoms with Gasteiger partial charge in [0.1, 0.15) is 0 Å². The summed E-state index contributed by atoms with van der Waals surface area (Å²) >= 11 is 0. The minimum absolute atomic E-state index is 0.141. The van der Waals surface area contributed by atoms with Gasteiger partial charge in [-0.15, -0.1) is 0 Å². The number of H-pyrrole nitrogens is 4. The van der Waals surface area contributed by atoms with Crippen LogP contribution in [0.5, 0.6) is 0 Å². The fourth-order valence-electron chi connectivity index (χ4n) is 7.64. The summed E-state index contributed by atoms with van der Waals surface area (Å²) < 4.78 is 4.84. The molecule has 8 bridgehead atoms. The number of hydrogen-bond acceptors (Lipinski definition) is 3. The molecule has 0 saturated heterocycles. The van der Waals surface area contributed by atoms with Crippen molar-refractivity contribution < 1.29 is 14.3 Å². The van der Waals surface area contributed by atoms with Crippen LogP contribution in [-0.2, 0) is 14.3 Å². The highest BCUT2D eigenvalue weighted by Crippen LogP contribution is 2.39. The molecule has 0 unspecified atom stereocenters. The van der Waals surface area contributed by atoms with Crippen LogP contribution in [0.4, 0.5) is 0 Å². The van der Waals surface area contributed by atoms with Crippen molar-refractivity contribution >= 4 is 35.8 Å². The second-order valence-corrected chi connectivity index (χ2v) is 14.3. The van der Waals surface area contributed by atoms with Gasteiger partial charge in [-0.3, -0.25) is 9.59 Å². The average Bonchev–Trinajstić information content (AvgIpc) is 4.09. The first kappa shape index (κ1) is 36.1. The van der Waals surface area contributed by atoms with Crippen molar-refractivity contribution in [2.45, 2.75) is 19.3 Å². The standard InChI is InChI=1S/C50H41N5O3/c1-58-49(57)24-14-23-48(56)54-47-31-42-38(34-19-10-4-11-20-34)29-44(53-42)43-27-36(32-15-6-2-7-16-32)40(51-43)25-26-41-37(33-17-8-3-9-18-33)28-45(52-41)46-30-39(50(47)55-46)35-21-12-5-13-22-35/h2-13,15-22,25-31,51-53,55H,14,23-24H2,1H3,(H,54,56). The van der Waals surface area contributed by atoms with E-state index in [0.717, 1.165) is 90.1 Å². The van der Waals surface area contributed by atoms with Crippen LogP contribution in [0, 0.1) is 0 Å². The maximum absolute atomic E-state index is 13.8. The smallest absolute Gasteiger partial charge is 0.305 e. The quantitative estimate of drug-likeness (QED) is 0.0943. The number of fused-ring (bicyclic) bond motifs is 10. The third kappa shape index (κ3) is 7.39. The summed E-state index contributed by atoms with van der Waals surface area (Å²) in [6.07, 6.45) is 6.94. The summed E-state index contributed by atoms with van der Waals surface area (Å²) in [5, 5.41) is 3.25. The minimum Gasteiger partial charge on any atom is -0.469 e. The van der Waals surface area contributed by atoms with Gasteiger partial charge in [-0.25, -0.2) is 0 Å². The van der Waals surface area contributed by atoms with E-state index in [1.54, 1.807) is 0 Å². The first-order valence-electron chi connectivity index (χ1n) is 19.4. The van der Waals surface area contributed by atoms with Crippen LogP contribution < -0.4 is 5.32 Å². The predicted molar refractivity (Wildman–Crippen MR) is 234 cm³/mol. The molecule has 0 aliphatic carbocycles. The fraction of sp³-hybridized carbons (Fsp3) is 0.0800. The zero-order valence-electron chi connectivity index (χ0n) is 31.9. The Labute approximate surface area is 336 Å². The van der Waals surface area contributed by atoms with Crippen LogP contribution in [0.25, 0.3) is 91.2 Å². The van der Waals surface area contributed by atoms with E-state index in [0.29, 0.717) is 12.1 Å². The molecule has 0 radical (unpaired) electrons. The molecule has 8 nitrogen and oxygen atoms in total. The van der Waals surface area contributed by atoms with Gasteiger partial charge >= 0.3 is 5.97 Å². The Balaban J connectivity index is 1.30. The molecule has 284 valence electrons. The molecule has 0 atom stereocenters. The zero-order chi connectivity index (χ0) is 39.4. The molecule has 1 aliphatic rings. The van der Waals surface area contributed by atoms with Crippen LogP contribution >= 0.6 is 0 Å². The lowest BCUT2D eigenvalue weighted by atomic mass is 10.0. The number of aromatic nitrogens is 4. The molecule has 1 aliphatic heterocycles. The SMILES string of the molecule is COC(=O)CCCC(=O)NC1=Cc2[nH]c(cc2-c2ccccc2)-c2cc(-c3ccccc3)c([nH]2)C=Cc2[nH]c(cc2-c2ccccc2)-c2cc(-c3ccccc3)c1[nH]2. The Morgan fingerprint density at radius 2 is 0.897 bits per heavy atom. The summed E-state index contributed by atoms with van der Waals surface area (Å²) in [6, 6.07) is 49.8. The van der Waals surface area contributed by atoms with E-state index in [9.17, 15) is 9.59 Å². The normalized spacial score (nSPS) is 11.9. The van der Waals surface area contributed by atoms with Gasteiger partial charge in [0, 0.05) is 52.2 Å². The summed E-state index contributed by atoms with van der Waals surface area (Å²) in [4.78, 5) is 40.7. The molecule has 5 N–H and O–H groups in total. The molecule has 4 aromatic carbocycles. The highest BCUT2D eigenvalue weighted by Gasteiger charge is 2.22. The third-order valence-electron chi connectivity index (χ3n) is 10.5. The monoisotopic (exact) mass is 759 g/mol. The molecule has 0 saturated carbocycles. The Morgan fingerprint density at radius 3 is 1.36 bits per heavy atom. The van der Waals surface area contributed by atoms with Gasteiger partial charge in [-0.1, -0.05) is 121 Å². The fourth-order valence-corrected chi connectivity index (χ4v) is 7.64. The molecule has 0 fully saturated rings. The number of benzene rings is 4. The number of rotatable bonds is 9. The van der Waals surface area contributed by atoms with E-state index in [4.69, 9.17) is 4.74 Å². The highest BCUT2D eigenvalue weighted by molar-refractivity contribution is 5.98. The number of nitrogens with one attached hydrogen (secondary N) is 5. The highest BCUT2D eigenvalue weighted by atomic mass is 16.5. The van der Waals surface area contributed by atoms with E-state index in [1.807, 2.05) is 54.6 Å².